The number of nitrogens with zero attached hydrogens (tertiary/aromatic N) is 5. The molecule has 0 N–H and O–H groups in total. The van der Waals surface area contributed by atoms with E-state index in [1.54, 1.807) is 24.7 Å². The highest BCUT2D eigenvalue weighted by molar-refractivity contribution is 5.78. The molecule has 0 unspecified atom stereocenters. The number of hydrogen-bond acceptors (Lipinski definition) is 6. The zero-order chi connectivity index (χ0) is 20.2. The van der Waals surface area contributed by atoms with Crippen LogP contribution in [0.2, 0.25) is 0 Å². The first-order valence-electron chi connectivity index (χ1n) is 9.42. The molecule has 0 aliphatic heterocycles. The van der Waals surface area contributed by atoms with Gasteiger partial charge >= 0.3 is 6.01 Å². The Kier molecular flexibility index (Phi) is 4.75. The van der Waals surface area contributed by atoms with Gasteiger partial charge in [-0.3, -0.25) is 0 Å². The van der Waals surface area contributed by atoms with Crippen LogP contribution < -0.4 is 4.74 Å². The Labute approximate surface area is 172 Å². The molecule has 5 aromatic rings. The van der Waals surface area contributed by atoms with Crippen LogP contribution in [0.3, 0.4) is 0 Å². The Balaban J connectivity index is 1.52. The molecule has 2 aromatic carbocycles. The van der Waals surface area contributed by atoms with Crippen molar-refractivity contribution < 1.29 is 9.26 Å². The lowest BCUT2D eigenvalue weighted by Crippen LogP contribution is -2.00. The van der Waals surface area contributed by atoms with Crippen molar-refractivity contribution in [3.63, 3.8) is 0 Å². The second kappa shape index (κ2) is 8.00. The number of aromatic nitrogens is 5. The zero-order valence-corrected chi connectivity index (χ0v) is 15.9. The largest absolute Gasteiger partial charge is 0.424 e. The first-order chi connectivity index (χ1) is 14.9. The standard InChI is InChI=1S/C23H17N5O2/c1-2-5-17(6-3-1)21-22(28(16-26-21)15-20-11-14-27-30-20)18-7-9-19(10-8-18)29-23-24-12-4-13-25-23/h1-14,16H,15H2. The Bertz CT molecular complexity index is 1220. The van der Waals surface area contributed by atoms with Crippen LogP contribution in [0.4, 0.5) is 0 Å². The third-order valence-electron chi connectivity index (χ3n) is 4.58. The molecule has 0 saturated heterocycles. The van der Waals surface area contributed by atoms with Gasteiger partial charge in [-0.25, -0.2) is 15.0 Å². The normalized spacial score (nSPS) is 10.8. The van der Waals surface area contributed by atoms with Gasteiger partial charge in [-0.2, -0.15) is 0 Å². The smallest absolute Gasteiger partial charge is 0.321 e. The summed E-state index contributed by atoms with van der Waals surface area (Å²) in [5, 5.41) is 3.80. The molecule has 7 nitrogen and oxygen atoms in total. The molecular weight excluding hydrogens is 378 g/mol. The zero-order valence-electron chi connectivity index (χ0n) is 15.9. The van der Waals surface area contributed by atoms with E-state index in [0.29, 0.717) is 18.3 Å². The van der Waals surface area contributed by atoms with Gasteiger partial charge in [-0.1, -0.05) is 35.5 Å². The summed E-state index contributed by atoms with van der Waals surface area (Å²) in [6.07, 6.45) is 6.75. The molecule has 5 rings (SSSR count). The van der Waals surface area contributed by atoms with Gasteiger partial charge in [0.05, 0.1) is 30.5 Å². The highest BCUT2D eigenvalue weighted by Gasteiger charge is 2.16. The SMILES string of the molecule is c1ccc(-c2ncn(Cc3ccno3)c2-c2ccc(Oc3ncccn3)cc2)cc1. The molecule has 146 valence electrons. The highest BCUT2D eigenvalue weighted by atomic mass is 16.5. The third-order valence-corrected chi connectivity index (χ3v) is 4.58. The molecule has 0 atom stereocenters. The fourth-order valence-electron chi connectivity index (χ4n) is 3.23. The predicted molar refractivity (Wildman–Crippen MR) is 111 cm³/mol. The Morgan fingerprint density at radius 2 is 1.57 bits per heavy atom. The minimum Gasteiger partial charge on any atom is -0.424 e. The number of imidazole rings is 1. The summed E-state index contributed by atoms with van der Waals surface area (Å²) in [5.74, 6) is 1.42. The van der Waals surface area contributed by atoms with E-state index in [4.69, 9.17) is 9.26 Å². The molecule has 0 aliphatic rings. The van der Waals surface area contributed by atoms with E-state index in [2.05, 4.69) is 36.8 Å². The third kappa shape index (κ3) is 3.68. The molecule has 0 aliphatic carbocycles. The van der Waals surface area contributed by atoms with Crippen molar-refractivity contribution in [3.8, 4) is 34.3 Å². The first-order valence-corrected chi connectivity index (χ1v) is 9.42. The van der Waals surface area contributed by atoms with E-state index in [-0.39, 0.29) is 0 Å². The Morgan fingerprint density at radius 1 is 0.767 bits per heavy atom. The lowest BCUT2D eigenvalue weighted by Gasteiger charge is -2.10. The van der Waals surface area contributed by atoms with Crippen molar-refractivity contribution in [2.75, 3.05) is 0 Å². The lowest BCUT2D eigenvalue weighted by atomic mass is 10.0. The highest BCUT2D eigenvalue weighted by Crippen LogP contribution is 2.33. The van der Waals surface area contributed by atoms with Gasteiger partial charge in [0.2, 0.25) is 0 Å². The van der Waals surface area contributed by atoms with Crippen LogP contribution in [0.25, 0.3) is 22.5 Å². The van der Waals surface area contributed by atoms with Gasteiger partial charge in [0.15, 0.2) is 5.76 Å². The van der Waals surface area contributed by atoms with Crippen molar-refractivity contribution in [1.82, 2.24) is 24.7 Å². The van der Waals surface area contributed by atoms with Crippen LogP contribution in [-0.2, 0) is 6.54 Å². The van der Waals surface area contributed by atoms with Gasteiger partial charge in [-0.15, -0.1) is 0 Å². The Morgan fingerprint density at radius 3 is 2.30 bits per heavy atom. The molecule has 0 amide bonds. The molecule has 3 heterocycles. The summed E-state index contributed by atoms with van der Waals surface area (Å²) >= 11 is 0. The van der Waals surface area contributed by atoms with Crippen molar-refractivity contribution in [1.29, 1.82) is 0 Å². The van der Waals surface area contributed by atoms with Crippen molar-refractivity contribution in [3.05, 3.63) is 97.4 Å². The predicted octanol–water partition coefficient (Wildman–Crippen LogP) is 4.84. The molecule has 0 radical (unpaired) electrons. The summed E-state index contributed by atoms with van der Waals surface area (Å²) in [6, 6.07) is 21.8. The fraction of sp³-hybridized carbons (Fsp3) is 0.0435. The van der Waals surface area contributed by atoms with Crippen molar-refractivity contribution >= 4 is 0 Å². The molecule has 0 spiro atoms. The molecule has 0 bridgehead atoms. The second-order valence-electron chi connectivity index (χ2n) is 6.57. The molecule has 30 heavy (non-hydrogen) atoms. The molecule has 3 aromatic heterocycles. The average Bonchev–Trinajstić information content (AvgIpc) is 3.46. The van der Waals surface area contributed by atoms with Gasteiger partial charge in [-0.05, 0) is 30.3 Å². The van der Waals surface area contributed by atoms with Crippen LogP contribution in [0.5, 0.6) is 11.8 Å². The molecule has 7 heteroatoms. The number of benzene rings is 2. The van der Waals surface area contributed by atoms with Gasteiger partial charge < -0.3 is 13.8 Å². The molecule has 0 saturated carbocycles. The number of ether oxygens (including phenoxy) is 1. The quantitative estimate of drug-likeness (QED) is 0.409. The molecule has 0 fully saturated rings. The number of rotatable bonds is 6. The minimum absolute atomic E-state index is 0.311. The van der Waals surface area contributed by atoms with Crippen LogP contribution in [-0.4, -0.2) is 24.7 Å². The average molecular weight is 395 g/mol. The van der Waals surface area contributed by atoms with Crippen LogP contribution >= 0.6 is 0 Å². The molecular formula is C23H17N5O2. The second-order valence-corrected chi connectivity index (χ2v) is 6.57. The lowest BCUT2D eigenvalue weighted by molar-refractivity contribution is 0.377. The van der Waals surface area contributed by atoms with E-state index >= 15 is 0 Å². The summed E-state index contributed by atoms with van der Waals surface area (Å²) in [4.78, 5) is 12.9. The maximum atomic E-state index is 5.71. The van der Waals surface area contributed by atoms with Crippen LogP contribution in [0.15, 0.2) is 96.2 Å². The van der Waals surface area contributed by atoms with Crippen LogP contribution in [0.1, 0.15) is 5.76 Å². The fourth-order valence-corrected chi connectivity index (χ4v) is 3.23. The van der Waals surface area contributed by atoms with Gasteiger partial charge in [0.25, 0.3) is 0 Å². The monoisotopic (exact) mass is 395 g/mol. The van der Waals surface area contributed by atoms with Crippen molar-refractivity contribution in [2.24, 2.45) is 0 Å². The van der Waals surface area contributed by atoms with E-state index in [1.165, 1.54) is 0 Å². The van der Waals surface area contributed by atoms with Crippen molar-refractivity contribution in [2.45, 2.75) is 6.54 Å². The van der Waals surface area contributed by atoms with E-state index < -0.39 is 0 Å². The summed E-state index contributed by atoms with van der Waals surface area (Å²) in [6.45, 7) is 0.533. The summed E-state index contributed by atoms with van der Waals surface area (Å²) < 4.78 is 13.1. The Hall–Kier alpha value is -4.26. The van der Waals surface area contributed by atoms with Crippen LogP contribution in [0, 0.1) is 0 Å². The summed E-state index contributed by atoms with van der Waals surface area (Å²) in [5.41, 5.74) is 3.93. The topological polar surface area (TPSA) is 78.9 Å². The van der Waals surface area contributed by atoms with E-state index in [0.717, 1.165) is 28.3 Å². The maximum absolute atomic E-state index is 5.71. The van der Waals surface area contributed by atoms with Gasteiger partial charge in [0.1, 0.15) is 5.75 Å². The number of hydrogen-bond donors (Lipinski definition) is 0. The van der Waals surface area contributed by atoms with E-state index in [1.807, 2.05) is 54.9 Å². The maximum Gasteiger partial charge on any atom is 0.321 e. The van der Waals surface area contributed by atoms with E-state index in [9.17, 15) is 0 Å². The first kappa shape index (κ1) is 17.8. The summed E-state index contributed by atoms with van der Waals surface area (Å²) in [7, 11) is 0. The van der Waals surface area contributed by atoms with Gasteiger partial charge in [0, 0.05) is 29.6 Å². The minimum atomic E-state index is 0.311.